The molecule has 1 aliphatic rings. The smallest absolute Gasteiger partial charge is 0.346 e. The lowest BCUT2D eigenvalue weighted by molar-refractivity contribution is -0.138. The molecule has 3 amide bonds. The first kappa shape index (κ1) is 28.6. The third-order valence-corrected chi connectivity index (χ3v) is 7.94. The number of hydrogen-bond acceptors (Lipinski definition) is 5. The topological polar surface area (TPSA) is 84.3 Å². The van der Waals surface area contributed by atoms with Gasteiger partial charge in [0.05, 0.1) is 44.5 Å². The number of aromatic nitrogens is 2. The Hall–Kier alpha value is -3.96. The van der Waals surface area contributed by atoms with Crippen LogP contribution < -0.4 is 5.32 Å². The van der Waals surface area contributed by atoms with Crippen molar-refractivity contribution >= 4 is 40.7 Å². The molecule has 0 spiro atoms. The van der Waals surface area contributed by atoms with Gasteiger partial charge in [-0.15, -0.1) is 11.3 Å². The Bertz CT molecular complexity index is 1600. The van der Waals surface area contributed by atoms with Crippen molar-refractivity contribution in [2.24, 2.45) is 0 Å². The van der Waals surface area contributed by atoms with E-state index in [1.54, 1.807) is 28.3 Å². The fourth-order valence-electron chi connectivity index (χ4n) is 4.89. The van der Waals surface area contributed by atoms with Gasteiger partial charge in [0.1, 0.15) is 0 Å². The van der Waals surface area contributed by atoms with Gasteiger partial charge in [0, 0.05) is 24.0 Å². The minimum absolute atomic E-state index is 0.0657. The van der Waals surface area contributed by atoms with Gasteiger partial charge in [-0.3, -0.25) is 24.0 Å². The van der Waals surface area contributed by atoms with Crippen LogP contribution in [0.15, 0.2) is 66.2 Å². The number of carbonyl (C=O) groups excluding carboxylic acids is 3. The van der Waals surface area contributed by atoms with Gasteiger partial charge in [0.2, 0.25) is 0 Å². The van der Waals surface area contributed by atoms with Crippen LogP contribution in [0, 0.1) is 0 Å². The molecule has 2 aromatic carbocycles. The molecule has 2 aromatic heterocycles. The molecule has 0 saturated carbocycles. The van der Waals surface area contributed by atoms with Crippen LogP contribution in [0.25, 0.3) is 11.3 Å². The molecule has 1 atom stereocenters. The fraction of sp³-hybridized carbons (Fsp3) is 0.241. The number of fused-ring (bicyclic) bond motifs is 1. The molecule has 0 aliphatic carbocycles. The number of nitrogens with one attached hydrogen (secondary N) is 1. The first-order chi connectivity index (χ1) is 19.6. The highest BCUT2D eigenvalue weighted by atomic mass is 35.5. The summed E-state index contributed by atoms with van der Waals surface area (Å²) in [5, 5.41) is 9.22. The van der Waals surface area contributed by atoms with Crippen molar-refractivity contribution in [1.29, 1.82) is 0 Å². The normalized spacial score (nSPS) is 13.9. The highest BCUT2D eigenvalue weighted by Gasteiger charge is 2.38. The van der Waals surface area contributed by atoms with Crippen LogP contribution in [0.4, 0.5) is 13.2 Å². The molecule has 4 aromatic rings. The van der Waals surface area contributed by atoms with Crippen molar-refractivity contribution in [1.82, 2.24) is 20.0 Å². The maximum atomic E-state index is 13.8. The van der Waals surface area contributed by atoms with E-state index in [4.69, 9.17) is 11.6 Å². The van der Waals surface area contributed by atoms with E-state index in [0.717, 1.165) is 28.7 Å². The Morgan fingerprint density at radius 2 is 1.73 bits per heavy atom. The van der Waals surface area contributed by atoms with Gasteiger partial charge in [-0.05, 0) is 42.7 Å². The van der Waals surface area contributed by atoms with Gasteiger partial charge in [0.25, 0.3) is 17.7 Å². The third kappa shape index (κ3) is 5.77. The van der Waals surface area contributed by atoms with Crippen molar-refractivity contribution in [3.63, 3.8) is 0 Å². The summed E-state index contributed by atoms with van der Waals surface area (Å²) < 4.78 is 43.1. The van der Waals surface area contributed by atoms with Crippen LogP contribution in [-0.2, 0) is 19.1 Å². The third-order valence-electron chi connectivity index (χ3n) is 6.73. The molecule has 3 heterocycles. The van der Waals surface area contributed by atoms with Crippen molar-refractivity contribution in [3.8, 4) is 11.3 Å². The van der Waals surface area contributed by atoms with Gasteiger partial charge in [-0.25, -0.2) is 0 Å². The highest BCUT2D eigenvalue weighted by Crippen LogP contribution is 2.34. The Balaban J connectivity index is 1.43. The number of rotatable bonds is 9. The van der Waals surface area contributed by atoms with E-state index in [2.05, 4.69) is 10.4 Å². The Morgan fingerprint density at radius 1 is 1.07 bits per heavy atom. The molecule has 0 radical (unpaired) electrons. The molecule has 0 unspecified atom stereocenters. The van der Waals surface area contributed by atoms with Crippen molar-refractivity contribution in [2.75, 3.05) is 6.54 Å². The predicted octanol–water partition coefficient (Wildman–Crippen LogP) is 6.33. The summed E-state index contributed by atoms with van der Waals surface area (Å²) in [6.45, 7) is 2.31. The molecule has 1 aliphatic heterocycles. The van der Waals surface area contributed by atoms with E-state index < -0.39 is 35.5 Å². The molecule has 0 bridgehead atoms. The van der Waals surface area contributed by atoms with Gasteiger partial charge in [-0.2, -0.15) is 18.3 Å². The average Bonchev–Trinajstić information content (AvgIpc) is 3.62. The zero-order chi connectivity index (χ0) is 29.3. The van der Waals surface area contributed by atoms with E-state index in [-0.39, 0.29) is 34.5 Å². The molecule has 0 fully saturated rings. The van der Waals surface area contributed by atoms with Gasteiger partial charge in [-0.1, -0.05) is 48.9 Å². The summed E-state index contributed by atoms with van der Waals surface area (Å²) in [5.74, 6) is -1.68. The number of nitrogens with zero attached hydrogens (tertiary/aromatic N) is 3. The van der Waals surface area contributed by atoms with Crippen LogP contribution >= 0.6 is 22.9 Å². The SMILES string of the molecule is CCCn1ncc(Cl)c1-c1csc(C(=O)N[C@@H](Cc2ccccc2C(F)(F)F)CN2C(=O)c3ccccc3C2=O)c1. The number of imide groups is 1. The molecule has 0 saturated heterocycles. The minimum Gasteiger partial charge on any atom is -0.346 e. The van der Waals surface area contributed by atoms with Crippen LogP contribution in [0.5, 0.6) is 0 Å². The predicted molar refractivity (Wildman–Crippen MR) is 149 cm³/mol. The summed E-state index contributed by atoms with van der Waals surface area (Å²) in [6.07, 6.45) is -2.53. The van der Waals surface area contributed by atoms with Crippen molar-refractivity contribution in [2.45, 2.75) is 38.5 Å². The maximum Gasteiger partial charge on any atom is 0.416 e. The van der Waals surface area contributed by atoms with Crippen LogP contribution in [0.1, 0.15) is 54.9 Å². The molecular weight excluding hydrogens is 577 g/mol. The standard InChI is InChI=1S/C29H24ClF3N4O3S/c1-2-11-37-25(23(30)14-34-37)18-13-24(41-16-18)26(38)35-19(12-17-7-3-6-10-22(17)29(31,32)33)15-36-27(39)20-8-4-5-9-21(20)28(36)40/h3-10,13-14,16,19H,2,11-12,15H2,1H3,(H,35,38)/t19-/m0/s1. The lowest BCUT2D eigenvalue weighted by Crippen LogP contribution is -2.47. The molecule has 12 heteroatoms. The molecular formula is C29H24ClF3N4O3S. The minimum atomic E-state index is -4.62. The summed E-state index contributed by atoms with van der Waals surface area (Å²) in [6, 6.07) is 12.0. The summed E-state index contributed by atoms with van der Waals surface area (Å²) >= 11 is 7.49. The Morgan fingerprint density at radius 3 is 2.39 bits per heavy atom. The van der Waals surface area contributed by atoms with E-state index in [1.807, 2.05) is 6.92 Å². The highest BCUT2D eigenvalue weighted by molar-refractivity contribution is 7.12. The number of hydrogen-bond donors (Lipinski definition) is 1. The van der Waals surface area contributed by atoms with E-state index >= 15 is 0 Å². The zero-order valence-corrected chi connectivity index (χ0v) is 23.3. The van der Waals surface area contributed by atoms with Crippen LogP contribution in [-0.4, -0.2) is 45.0 Å². The van der Waals surface area contributed by atoms with Gasteiger partial charge >= 0.3 is 6.18 Å². The number of halogens is 4. The first-order valence-electron chi connectivity index (χ1n) is 12.8. The number of benzene rings is 2. The second kappa shape index (κ2) is 11.5. The molecule has 1 N–H and O–H groups in total. The largest absolute Gasteiger partial charge is 0.416 e. The van der Waals surface area contributed by atoms with Crippen LogP contribution in [0.2, 0.25) is 5.02 Å². The molecule has 7 nitrogen and oxygen atoms in total. The fourth-order valence-corrected chi connectivity index (χ4v) is 5.94. The summed E-state index contributed by atoms with van der Waals surface area (Å²) in [5.41, 5.74) is 0.840. The van der Waals surface area contributed by atoms with Crippen molar-refractivity contribution < 1.29 is 27.6 Å². The second-order valence-corrected chi connectivity index (χ2v) is 10.9. The number of alkyl halides is 3. The second-order valence-electron chi connectivity index (χ2n) is 9.56. The molecule has 41 heavy (non-hydrogen) atoms. The van der Waals surface area contributed by atoms with E-state index in [9.17, 15) is 27.6 Å². The Kier molecular flexibility index (Phi) is 8.01. The number of carbonyl (C=O) groups is 3. The average molecular weight is 601 g/mol. The lowest BCUT2D eigenvalue weighted by atomic mass is 9.99. The lowest BCUT2D eigenvalue weighted by Gasteiger charge is -2.25. The van der Waals surface area contributed by atoms with E-state index in [1.165, 1.54) is 36.5 Å². The van der Waals surface area contributed by atoms with E-state index in [0.29, 0.717) is 22.8 Å². The van der Waals surface area contributed by atoms with Crippen LogP contribution in [0.3, 0.4) is 0 Å². The van der Waals surface area contributed by atoms with Gasteiger partial charge in [0.15, 0.2) is 0 Å². The first-order valence-corrected chi connectivity index (χ1v) is 14.1. The number of amides is 3. The molecule has 5 rings (SSSR count). The van der Waals surface area contributed by atoms with Gasteiger partial charge < -0.3 is 5.32 Å². The quantitative estimate of drug-likeness (QED) is 0.228. The monoisotopic (exact) mass is 600 g/mol. The molecule has 212 valence electrons. The zero-order valence-electron chi connectivity index (χ0n) is 21.7. The van der Waals surface area contributed by atoms with Crippen molar-refractivity contribution in [3.05, 3.63) is 98.3 Å². The maximum absolute atomic E-state index is 13.8. The number of thiophene rings is 1. The number of aryl methyl sites for hydroxylation is 1. The summed E-state index contributed by atoms with van der Waals surface area (Å²) in [4.78, 5) is 40.7. The Labute approximate surface area is 242 Å². The summed E-state index contributed by atoms with van der Waals surface area (Å²) in [7, 11) is 0.